The summed E-state index contributed by atoms with van der Waals surface area (Å²) in [5.41, 5.74) is 48.6. The van der Waals surface area contributed by atoms with E-state index < -0.39 is 10.8 Å². The Morgan fingerprint density at radius 2 is 0.388 bits per heavy atom. The summed E-state index contributed by atoms with van der Waals surface area (Å²) in [7, 11) is 0. The minimum Gasteiger partial charge on any atom is -0.309 e. The first-order chi connectivity index (χ1) is 66.6. The van der Waals surface area contributed by atoms with Crippen LogP contribution in [0.25, 0.3) is 167 Å². The largest absolute Gasteiger partial charge is 0.309 e. The zero-order valence-corrected chi connectivity index (χ0v) is 73.5. The van der Waals surface area contributed by atoms with Crippen LogP contribution in [0.1, 0.15) is 44.5 Å². The third-order valence-electron chi connectivity index (χ3n) is 29.0. The third kappa shape index (κ3) is 12.0. The molecule has 2 nitrogen and oxygen atoms in total. The smallest absolute Gasteiger partial charge is 0.0726 e. The maximum Gasteiger partial charge on any atom is 0.0726 e. The van der Waals surface area contributed by atoms with Gasteiger partial charge >= 0.3 is 0 Å². The van der Waals surface area contributed by atoms with Crippen LogP contribution in [-0.2, 0) is 10.8 Å². The highest BCUT2D eigenvalue weighted by atomic mass is 15.2. The van der Waals surface area contributed by atoms with Gasteiger partial charge < -0.3 is 9.80 Å². The molecule has 0 bridgehead atoms. The van der Waals surface area contributed by atoms with E-state index in [1.807, 2.05) is 0 Å². The fourth-order valence-electron chi connectivity index (χ4n) is 23.5. The lowest BCUT2D eigenvalue weighted by Gasteiger charge is -2.33. The summed E-state index contributed by atoms with van der Waals surface area (Å²) in [5, 5.41) is 2.34. The average molecular weight is 1700 g/mol. The van der Waals surface area contributed by atoms with Gasteiger partial charge in [0, 0.05) is 33.5 Å². The summed E-state index contributed by atoms with van der Waals surface area (Å²) in [6.45, 7) is 0. The van der Waals surface area contributed by atoms with Crippen molar-refractivity contribution in [3.8, 4) is 156 Å². The quantitative estimate of drug-likeness (QED) is 0.0951. The molecule has 4 aliphatic carbocycles. The molecule has 2 heteroatoms. The average Bonchev–Trinajstić information content (AvgIpc) is 1.51. The molecule has 0 radical (unpaired) electrons. The van der Waals surface area contributed by atoms with E-state index in [0.717, 1.165) is 117 Å². The van der Waals surface area contributed by atoms with Gasteiger partial charge in [0.1, 0.15) is 0 Å². The van der Waals surface area contributed by atoms with Crippen LogP contribution >= 0.6 is 0 Å². The molecule has 2 spiro atoms. The van der Waals surface area contributed by atoms with E-state index in [-0.39, 0.29) is 0 Å². The minimum atomic E-state index is -0.568. The number of rotatable bonds is 16. The lowest BCUT2D eigenvalue weighted by atomic mass is 9.70. The van der Waals surface area contributed by atoms with Gasteiger partial charge in [-0.1, -0.05) is 467 Å². The first-order valence-corrected chi connectivity index (χ1v) is 46.6. The van der Waals surface area contributed by atoms with Gasteiger partial charge in [0.25, 0.3) is 0 Å². The van der Waals surface area contributed by atoms with Crippen LogP contribution in [-0.4, -0.2) is 0 Å². The third-order valence-corrected chi connectivity index (χ3v) is 29.0. The van der Waals surface area contributed by atoms with E-state index in [1.54, 1.807) is 0 Å². The SMILES string of the molecule is c1ccc(-c2ccccc2-c2ccccc2-c2ccccc2N(c2cccc(-c3cc(-c4ccccc4-c4ccc(-c5ccccc5N(c5ccccc5-c5ccccc5-c5ccccc5-c5ccccc5)c5cccc6c5-c5ccccc5C65c6ccccc6-c6ccccc65)cc4)c4ccccc4c3)c2)c2cccc3c2-c2ccccc2C32c3ccccc3-c3ccccc32)cc1. The summed E-state index contributed by atoms with van der Waals surface area (Å²) in [4.78, 5) is 5.18. The Labute approximate surface area is 781 Å². The van der Waals surface area contributed by atoms with Gasteiger partial charge in [0.15, 0.2) is 0 Å². The molecule has 26 rings (SSSR count). The Kier molecular flexibility index (Phi) is 18.5. The summed E-state index contributed by atoms with van der Waals surface area (Å²) in [5.74, 6) is 0. The Bertz CT molecular complexity index is 8370. The topological polar surface area (TPSA) is 6.48 Å². The van der Waals surface area contributed by atoms with Crippen molar-refractivity contribution < 1.29 is 0 Å². The normalized spacial score (nSPS) is 12.7. The molecule has 0 saturated carbocycles. The molecule has 0 saturated heterocycles. The molecule has 134 heavy (non-hydrogen) atoms. The van der Waals surface area contributed by atoms with Gasteiger partial charge in [-0.25, -0.2) is 0 Å². The molecule has 0 unspecified atom stereocenters. The molecule has 624 valence electrons. The van der Waals surface area contributed by atoms with Crippen molar-refractivity contribution in [3.05, 3.63) is 566 Å². The number of anilines is 6. The van der Waals surface area contributed by atoms with Gasteiger partial charge in [-0.2, -0.15) is 0 Å². The molecule has 0 amide bonds. The lowest BCUT2D eigenvalue weighted by molar-refractivity contribution is 0.794. The van der Waals surface area contributed by atoms with Gasteiger partial charge in [-0.15, -0.1) is 0 Å². The zero-order valence-electron chi connectivity index (χ0n) is 73.5. The van der Waals surface area contributed by atoms with E-state index in [2.05, 4.69) is 532 Å². The van der Waals surface area contributed by atoms with E-state index in [4.69, 9.17) is 0 Å². The molecule has 0 atom stereocenters. The van der Waals surface area contributed by atoms with Crippen LogP contribution in [0, 0.1) is 0 Å². The second kappa shape index (κ2) is 31.8. The molecule has 0 aromatic heterocycles. The summed E-state index contributed by atoms with van der Waals surface area (Å²) in [6, 6.07) is 196. The first-order valence-electron chi connectivity index (χ1n) is 46.6. The number of fused-ring (bicyclic) bond motifs is 21. The zero-order chi connectivity index (χ0) is 88.4. The Balaban J connectivity index is 0.625. The van der Waals surface area contributed by atoms with Crippen LogP contribution < -0.4 is 9.80 Å². The predicted octanol–water partition coefficient (Wildman–Crippen LogP) is 35.1. The molecular weight excluding hydrogens is 1610 g/mol. The number of para-hydroxylation sites is 3. The summed E-state index contributed by atoms with van der Waals surface area (Å²) in [6.07, 6.45) is 0. The standard InChI is InChI=1S/C132H86N2/c1-3-40-87(41-4-1)95-47-9-12-52-100(95)103-55-15-17-57-105(103)111-63-26-35-76-125(111)133(127-78-38-73-122-129(127)113-65-23-32-71-120(113)131(122)116-67-28-19-59-107(116)108-60-20-29-68-117(108)131)94-46-37-45-91(85-94)93-84-92-44-7-8-50-98(92)115(86-93)102-54-14-11-49-97(102)89-80-82-90(83-81-89)99-51-25-34-75-124(99)134(126-77-36-27-64-112(126)106-58-18-16-56-104(106)101-53-13-10-48-96(101)88-42-5-2-6-43-88)128-79-39-74-123-130(128)114-66-24-33-72-121(114)132(123)118-69-30-21-61-109(118)110-62-22-31-70-119(110)132/h1-86H. The van der Waals surface area contributed by atoms with Crippen molar-refractivity contribution in [2.24, 2.45) is 0 Å². The highest BCUT2D eigenvalue weighted by Crippen LogP contribution is 2.68. The fraction of sp³-hybridized carbons (Fsp3) is 0.0152. The second-order valence-corrected chi connectivity index (χ2v) is 35.7. The molecule has 0 aliphatic heterocycles. The van der Waals surface area contributed by atoms with Crippen molar-refractivity contribution in [2.45, 2.75) is 10.8 Å². The van der Waals surface area contributed by atoms with E-state index in [0.29, 0.717) is 0 Å². The van der Waals surface area contributed by atoms with Crippen LogP contribution in [0.15, 0.2) is 522 Å². The van der Waals surface area contributed by atoms with Gasteiger partial charge in [0.05, 0.1) is 39.3 Å². The predicted molar refractivity (Wildman–Crippen MR) is 560 cm³/mol. The van der Waals surface area contributed by atoms with Crippen LogP contribution in [0.3, 0.4) is 0 Å². The van der Waals surface area contributed by atoms with Gasteiger partial charge in [-0.05, 0) is 238 Å². The highest BCUT2D eigenvalue weighted by molar-refractivity contribution is 6.10. The summed E-state index contributed by atoms with van der Waals surface area (Å²) < 4.78 is 0. The molecule has 22 aromatic carbocycles. The fourth-order valence-corrected chi connectivity index (χ4v) is 23.5. The van der Waals surface area contributed by atoms with E-state index in [1.165, 1.54) is 128 Å². The molecule has 0 N–H and O–H groups in total. The lowest BCUT2D eigenvalue weighted by Crippen LogP contribution is -2.26. The molecule has 4 aliphatic rings. The maximum absolute atomic E-state index is 2.60. The van der Waals surface area contributed by atoms with E-state index >= 15 is 0 Å². The van der Waals surface area contributed by atoms with Crippen LogP contribution in [0.5, 0.6) is 0 Å². The second-order valence-electron chi connectivity index (χ2n) is 35.7. The van der Waals surface area contributed by atoms with Crippen molar-refractivity contribution in [2.75, 3.05) is 9.80 Å². The number of benzene rings is 22. The molecular formula is C132H86N2. The van der Waals surface area contributed by atoms with Gasteiger partial charge in [-0.3, -0.25) is 0 Å². The molecule has 0 heterocycles. The molecule has 0 fully saturated rings. The van der Waals surface area contributed by atoms with Crippen molar-refractivity contribution in [3.63, 3.8) is 0 Å². The molecule has 22 aromatic rings. The summed E-state index contributed by atoms with van der Waals surface area (Å²) >= 11 is 0. The van der Waals surface area contributed by atoms with Crippen molar-refractivity contribution >= 4 is 44.9 Å². The first kappa shape index (κ1) is 77.8. The van der Waals surface area contributed by atoms with Gasteiger partial charge in [0.2, 0.25) is 0 Å². The van der Waals surface area contributed by atoms with Crippen LogP contribution in [0.2, 0.25) is 0 Å². The Hall–Kier alpha value is -17.3. The maximum atomic E-state index is 2.60. The highest BCUT2D eigenvalue weighted by Gasteiger charge is 2.54. The number of hydrogen-bond acceptors (Lipinski definition) is 2. The monoisotopic (exact) mass is 1700 g/mol. The van der Waals surface area contributed by atoms with Crippen molar-refractivity contribution in [1.82, 2.24) is 0 Å². The Morgan fingerprint density at radius 1 is 0.127 bits per heavy atom. The number of nitrogens with zero attached hydrogens (tertiary/aromatic N) is 2. The van der Waals surface area contributed by atoms with Crippen LogP contribution in [0.4, 0.5) is 34.1 Å². The Morgan fingerprint density at radius 3 is 0.821 bits per heavy atom. The minimum absolute atomic E-state index is 0.566. The number of hydrogen-bond donors (Lipinski definition) is 0. The van der Waals surface area contributed by atoms with Crippen molar-refractivity contribution in [1.29, 1.82) is 0 Å². The van der Waals surface area contributed by atoms with E-state index in [9.17, 15) is 0 Å².